The normalized spacial score (nSPS) is 11.3. The molecule has 0 saturated carbocycles. The Hall–Kier alpha value is -3.39. The van der Waals surface area contributed by atoms with Gasteiger partial charge in [-0.05, 0) is 56.7 Å². The Morgan fingerprint density at radius 2 is 1.81 bits per heavy atom. The number of nitrogens with zero attached hydrogens (tertiary/aromatic N) is 2. The number of fused-ring (bicyclic) bond motifs is 1. The average Bonchev–Trinajstić information content (AvgIpc) is 2.73. The topological polar surface area (TPSA) is 102 Å². The first-order chi connectivity index (χ1) is 15.1. The Bertz CT molecular complexity index is 1210. The van der Waals surface area contributed by atoms with Gasteiger partial charge in [0.2, 0.25) is 0 Å². The summed E-state index contributed by atoms with van der Waals surface area (Å²) in [6.45, 7) is 5.07. The molecule has 0 radical (unpaired) electrons. The van der Waals surface area contributed by atoms with Crippen molar-refractivity contribution < 1.29 is 14.3 Å². The second kappa shape index (κ2) is 9.40. The lowest BCUT2D eigenvalue weighted by Crippen LogP contribution is -2.36. The maximum Gasteiger partial charge on any atom is 0.326 e. The van der Waals surface area contributed by atoms with Crippen molar-refractivity contribution in [3.05, 3.63) is 69.0 Å². The fourth-order valence-electron chi connectivity index (χ4n) is 3.08. The molecule has 0 saturated heterocycles. The number of benzene rings is 1. The zero-order chi connectivity index (χ0) is 23.5. The third-order valence-electron chi connectivity index (χ3n) is 4.51. The van der Waals surface area contributed by atoms with Gasteiger partial charge in [0.15, 0.2) is 0 Å². The number of carbonyl (C=O) groups excluding carboxylic acids is 2. The highest BCUT2D eigenvalue weighted by Crippen LogP contribution is 2.16. The minimum atomic E-state index is -0.715. The number of aromatic nitrogens is 2. The van der Waals surface area contributed by atoms with E-state index < -0.39 is 23.0 Å². The molecule has 0 spiro atoms. The van der Waals surface area contributed by atoms with Crippen molar-refractivity contribution in [2.75, 3.05) is 12.4 Å². The Morgan fingerprint density at radius 1 is 1.12 bits per heavy atom. The standard InChI is InChI=1S/C23H25ClN4O4/c1-23(2,3)32-19(29)13-28-20-15(7-10-18(25-4)27-20)11-17(22(28)31)21(30)26-12-14-5-8-16(24)9-6-14/h5-11H,12-13H2,1-4H3,(H,25,27)(H,26,30). The quantitative estimate of drug-likeness (QED) is 0.551. The number of ether oxygens (including phenoxy) is 1. The van der Waals surface area contributed by atoms with Gasteiger partial charge >= 0.3 is 5.97 Å². The molecule has 3 rings (SSSR count). The maximum absolute atomic E-state index is 13.2. The molecule has 32 heavy (non-hydrogen) atoms. The smallest absolute Gasteiger partial charge is 0.326 e. The van der Waals surface area contributed by atoms with Gasteiger partial charge in [-0.15, -0.1) is 0 Å². The highest BCUT2D eigenvalue weighted by atomic mass is 35.5. The molecule has 2 N–H and O–H groups in total. The number of halogens is 1. The summed E-state index contributed by atoms with van der Waals surface area (Å²) in [6, 6.07) is 11.9. The van der Waals surface area contributed by atoms with Crippen molar-refractivity contribution in [2.24, 2.45) is 0 Å². The SMILES string of the molecule is CNc1ccc2cc(C(=O)NCc3ccc(Cl)cc3)c(=O)n(CC(=O)OC(C)(C)C)c2n1. The highest BCUT2D eigenvalue weighted by molar-refractivity contribution is 6.30. The third kappa shape index (κ3) is 5.64. The number of pyridine rings is 2. The average molecular weight is 457 g/mol. The van der Waals surface area contributed by atoms with E-state index in [-0.39, 0.29) is 24.3 Å². The molecule has 0 aliphatic carbocycles. The van der Waals surface area contributed by atoms with Crippen LogP contribution < -0.4 is 16.2 Å². The first-order valence-electron chi connectivity index (χ1n) is 10.0. The van der Waals surface area contributed by atoms with Crippen LogP contribution in [0.2, 0.25) is 5.02 Å². The molecule has 0 aliphatic heterocycles. The monoisotopic (exact) mass is 456 g/mol. The predicted molar refractivity (Wildman–Crippen MR) is 124 cm³/mol. The Morgan fingerprint density at radius 3 is 2.44 bits per heavy atom. The van der Waals surface area contributed by atoms with E-state index in [1.807, 2.05) is 0 Å². The number of hydrogen-bond donors (Lipinski definition) is 2. The number of esters is 1. The zero-order valence-electron chi connectivity index (χ0n) is 18.4. The van der Waals surface area contributed by atoms with Gasteiger partial charge in [-0.1, -0.05) is 23.7 Å². The molecule has 3 aromatic rings. The van der Waals surface area contributed by atoms with Crippen LogP contribution in [0.15, 0.2) is 47.3 Å². The van der Waals surface area contributed by atoms with Crippen LogP contribution in [0.3, 0.4) is 0 Å². The van der Waals surface area contributed by atoms with Gasteiger partial charge in [-0.25, -0.2) is 4.98 Å². The minimum absolute atomic E-state index is 0.0889. The number of rotatable bonds is 6. The second-order valence-electron chi connectivity index (χ2n) is 8.20. The van der Waals surface area contributed by atoms with E-state index in [2.05, 4.69) is 15.6 Å². The van der Waals surface area contributed by atoms with Gasteiger partial charge in [-0.2, -0.15) is 0 Å². The lowest BCUT2D eigenvalue weighted by atomic mass is 10.1. The number of anilines is 1. The van der Waals surface area contributed by atoms with E-state index in [1.165, 1.54) is 10.6 Å². The van der Waals surface area contributed by atoms with Gasteiger partial charge in [0.25, 0.3) is 11.5 Å². The van der Waals surface area contributed by atoms with Gasteiger partial charge in [0, 0.05) is 24.0 Å². The van der Waals surface area contributed by atoms with Crippen LogP contribution in [0.4, 0.5) is 5.82 Å². The molecule has 1 aromatic carbocycles. The zero-order valence-corrected chi connectivity index (χ0v) is 19.1. The highest BCUT2D eigenvalue weighted by Gasteiger charge is 2.21. The summed E-state index contributed by atoms with van der Waals surface area (Å²) in [7, 11) is 1.70. The summed E-state index contributed by atoms with van der Waals surface area (Å²) >= 11 is 5.89. The van der Waals surface area contributed by atoms with Crippen LogP contribution in [0, 0.1) is 0 Å². The first-order valence-corrected chi connectivity index (χ1v) is 10.4. The van der Waals surface area contributed by atoms with E-state index in [9.17, 15) is 14.4 Å². The van der Waals surface area contributed by atoms with E-state index >= 15 is 0 Å². The number of hydrogen-bond acceptors (Lipinski definition) is 6. The summed E-state index contributed by atoms with van der Waals surface area (Å²) in [5, 5.41) is 6.78. The molecule has 1 amide bonds. The van der Waals surface area contributed by atoms with E-state index in [1.54, 1.807) is 64.2 Å². The second-order valence-corrected chi connectivity index (χ2v) is 8.64. The van der Waals surface area contributed by atoms with Crippen molar-refractivity contribution >= 4 is 40.3 Å². The molecule has 0 atom stereocenters. The minimum Gasteiger partial charge on any atom is -0.459 e. The van der Waals surface area contributed by atoms with Crippen LogP contribution in [-0.2, 0) is 22.6 Å². The van der Waals surface area contributed by atoms with Crippen LogP contribution >= 0.6 is 11.6 Å². The first kappa shape index (κ1) is 23.3. The van der Waals surface area contributed by atoms with Gasteiger partial charge in [-0.3, -0.25) is 19.0 Å². The molecule has 0 aliphatic rings. The largest absolute Gasteiger partial charge is 0.459 e. The molecule has 9 heteroatoms. The third-order valence-corrected chi connectivity index (χ3v) is 4.76. The van der Waals surface area contributed by atoms with Crippen LogP contribution in [0.5, 0.6) is 0 Å². The molecule has 2 heterocycles. The van der Waals surface area contributed by atoms with Crippen molar-refractivity contribution in [3.8, 4) is 0 Å². The lowest BCUT2D eigenvalue weighted by molar-refractivity contribution is -0.155. The molecular weight excluding hydrogens is 432 g/mol. The van der Waals surface area contributed by atoms with E-state index in [4.69, 9.17) is 16.3 Å². The molecule has 0 unspecified atom stereocenters. The number of amides is 1. The summed E-state index contributed by atoms with van der Waals surface area (Å²) in [4.78, 5) is 42.9. The van der Waals surface area contributed by atoms with Gasteiger partial charge in [0.1, 0.15) is 29.2 Å². The van der Waals surface area contributed by atoms with Crippen molar-refractivity contribution in [3.63, 3.8) is 0 Å². The van der Waals surface area contributed by atoms with Crippen LogP contribution in [0.1, 0.15) is 36.7 Å². The summed E-state index contributed by atoms with van der Waals surface area (Å²) in [5.41, 5.74) is -0.320. The molecule has 0 fully saturated rings. The Kier molecular flexibility index (Phi) is 6.84. The molecule has 8 nitrogen and oxygen atoms in total. The van der Waals surface area contributed by atoms with E-state index in [0.717, 1.165) is 5.56 Å². The summed E-state index contributed by atoms with van der Waals surface area (Å²) in [5.74, 6) is -0.631. The molecule has 168 valence electrons. The lowest BCUT2D eigenvalue weighted by Gasteiger charge is -2.20. The van der Waals surface area contributed by atoms with Crippen molar-refractivity contribution in [1.29, 1.82) is 0 Å². The van der Waals surface area contributed by atoms with Crippen LogP contribution in [-0.4, -0.2) is 34.1 Å². The predicted octanol–water partition coefficient (Wildman–Crippen LogP) is 3.36. The summed E-state index contributed by atoms with van der Waals surface area (Å²) < 4.78 is 6.53. The van der Waals surface area contributed by atoms with Crippen molar-refractivity contribution in [2.45, 2.75) is 39.5 Å². The molecule has 0 bridgehead atoms. The van der Waals surface area contributed by atoms with Crippen molar-refractivity contribution in [1.82, 2.24) is 14.9 Å². The Labute approximate surface area is 190 Å². The van der Waals surface area contributed by atoms with E-state index in [0.29, 0.717) is 16.2 Å². The molecular formula is C23H25ClN4O4. The van der Waals surface area contributed by atoms with Gasteiger partial charge in [0.05, 0.1) is 0 Å². The molecule has 2 aromatic heterocycles. The summed E-state index contributed by atoms with van der Waals surface area (Å²) in [6.07, 6.45) is 0. The van der Waals surface area contributed by atoms with Crippen LogP contribution in [0.25, 0.3) is 11.0 Å². The fraction of sp³-hybridized carbons (Fsp3) is 0.304. The maximum atomic E-state index is 13.2. The number of nitrogens with one attached hydrogen (secondary N) is 2. The number of carbonyl (C=O) groups is 2. The fourth-order valence-corrected chi connectivity index (χ4v) is 3.20. The van der Waals surface area contributed by atoms with Gasteiger partial charge < -0.3 is 15.4 Å². The Balaban J connectivity index is 1.98.